The molecule has 1 heterocycles. The molecule has 68 valence electrons. The minimum absolute atomic E-state index is 0.557. The Hall–Kier alpha value is -1.06. The maximum atomic E-state index is 10.8. The minimum atomic E-state index is -0.972. The van der Waals surface area contributed by atoms with Crippen LogP contribution in [0.2, 0.25) is 0 Å². The van der Waals surface area contributed by atoms with Gasteiger partial charge in [-0.3, -0.25) is 4.79 Å². The monoisotopic (exact) mass is 171 g/mol. The molecule has 0 aromatic heterocycles. The Morgan fingerprint density at radius 1 is 1.58 bits per heavy atom. The highest BCUT2D eigenvalue weighted by atomic mass is 16.4. The minimum Gasteiger partial charge on any atom is -0.480 e. The summed E-state index contributed by atoms with van der Waals surface area (Å²) in [7, 11) is 0. The van der Waals surface area contributed by atoms with Crippen LogP contribution in [-0.4, -0.2) is 34.5 Å². The molecule has 1 fully saturated rings. The van der Waals surface area contributed by atoms with Gasteiger partial charge >= 0.3 is 5.97 Å². The maximum Gasteiger partial charge on any atom is 0.329 e. The number of amides is 1. The van der Waals surface area contributed by atoms with Crippen molar-refractivity contribution < 1.29 is 14.7 Å². The first-order valence-corrected chi connectivity index (χ1v) is 4.07. The Morgan fingerprint density at radius 3 is 2.67 bits per heavy atom. The first-order chi connectivity index (χ1) is 5.61. The van der Waals surface area contributed by atoms with Crippen molar-refractivity contribution in [2.24, 2.45) is 0 Å². The van der Waals surface area contributed by atoms with E-state index in [2.05, 4.69) is 0 Å². The predicted molar refractivity (Wildman–Crippen MR) is 42.7 cm³/mol. The van der Waals surface area contributed by atoms with E-state index in [-0.39, 0.29) is 0 Å². The van der Waals surface area contributed by atoms with Crippen molar-refractivity contribution in [3.63, 3.8) is 0 Å². The SMILES string of the molecule is CC1(C(=O)O)CCCCN1C=O. The van der Waals surface area contributed by atoms with Gasteiger partial charge in [0.05, 0.1) is 0 Å². The molecule has 1 atom stereocenters. The molecule has 0 aliphatic carbocycles. The Bertz CT molecular complexity index is 204. The number of carboxylic acids is 1. The normalized spacial score (nSPS) is 29.9. The molecule has 1 amide bonds. The van der Waals surface area contributed by atoms with Gasteiger partial charge in [-0.05, 0) is 26.2 Å². The largest absolute Gasteiger partial charge is 0.480 e. The van der Waals surface area contributed by atoms with Gasteiger partial charge in [0.25, 0.3) is 0 Å². The molecule has 0 aromatic carbocycles. The molecular weight excluding hydrogens is 158 g/mol. The van der Waals surface area contributed by atoms with Crippen LogP contribution in [0.15, 0.2) is 0 Å². The van der Waals surface area contributed by atoms with Gasteiger partial charge in [0.15, 0.2) is 0 Å². The van der Waals surface area contributed by atoms with Crippen LogP contribution in [0.25, 0.3) is 0 Å². The van der Waals surface area contributed by atoms with E-state index >= 15 is 0 Å². The number of piperidine rings is 1. The topological polar surface area (TPSA) is 57.6 Å². The summed E-state index contributed by atoms with van der Waals surface area (Å²) >= 11 is 0. The summed E-state index contributed by atoms with van der Waals surface area (Å²) in [5.41, 5.74) is -0.972. The lowest BCUT2D eigenvalue weighted by Crippen LogP contribution is -2.54. The fraction of sp³-hybridized carbons (Fsp3) is 0.750. The molecule has 0 bridgehead atoms. The van der Waals surface area contributed by atoms with Crippen LogP contribution in [0.5, 0.6) is 0 Å². The lowest BCUT2D eigenvalue weighted by atomic mass is 9.89. The fourth-order valence-corrected chi connectivity index (χ4v) is 1.54. The van der Waals surface area contributed by atoms with Gasteiger partial charge in [0.1, 0.15) is 5.54 Å². The van der Waals surface area contributed by atoms with Crippen LogP contribution in [0.4, 0.5) is 0 Å². The van der Waals surface area contributed by atoms with Gasteiger partial charge in [-0.25, -0.2) is 4.79 Å². The summed E-state index contributed by atoms with van der Waals surface area (Å²) in [6, 6.07) is 0. The highest BCUT2D eigenvalue weighted by Crippen LogP contribution is 2.26. The molecule has 1 rings (SSSR count). The second kappa shape index (κ2) is 3.13. The number of carboxylic acid groups (broad SMARTS) is 1. The van der Waals surface area contributed by atoms with Crippen LogP contribution in [0.3, 0.4) is 0 Å². The zero-order chi connectivity index (χ0) is 9.19. The summed E-state index contributed by atoms with van der Waals surface area (Å²) in [6.45, 7) is 2.16. The number of hydrogen-bond acceptors (Lipinski definition) is 2. The summed E-state index contributed by atoms with van der Waals surface area (Å²) < 4.78 is 0. The van der Waals surface area contributed by atoms with E-state index in [9.17, 15) is 9.59 Å². The van der Waals surface area contributed by atoms with Gasteiger partial charge in [-0.2, -0.15) is 0 Å². The number of carbonyl (C=O) groups is 2. The van der Waals surface area contributed by atoms with Crippen molar-refractivity contribution >= 4 is 12.4 Å². The van der Waals surface area contributed by atoms with Crippen molar-refractivity contribution in [3.8, 4) is 0 Å². The Morgan fingerprint density at radius 2 is 2.25 bits per heavy atom. The molecule has 1 aliphatic rings. The Labute approximate surface area is 71.2 Å². The molecule has 0 saturated carbocycles. The Balaban J connectivity index is 2.82. The molecule has 12 heavy (non-hydrogen) atoms. The second-order valence-corrected chi connectivity index (χ2v) is 3.33. The molecule has 0 aromatic rings. The zero-order valence-electron chi connectivity index (χ0n) is 7.12. The molecule has 4 nitrogen and oxygen atoms in total. The summed E-state index contributed by atoms with van der Waals surface area (Å²) in [4.78, 5) is 22.8. The molecular formula is C8H13NO3. The van der Waals surface area contributed by atoms with E-state index in [1.54, 1.807) is 6.92 Å². The molecule has 1 saturated heterocycles. The predicted octanol–water partition coefficient (Wildman–Crippen LogP) is 0.472. The van der Waals surface area contributed by atoms with Crippen LogP contribution in [-0.2, 0) is 9.59 Å². The molecule has 0 spiro atoms. The molecule has 4 heteroatoms. The zero-order valence-corrected chi connectivity index (χ0v) is 7.12. The number of rotatable bonds is 2. The fourth-order valence-electron chi connectivity index (χ4n) is 1.54. The van der Waals surface area contributed by atoms with E-state index in [0.29, 0.717) is 19.4 Å². The van der Waals surface area contributed by atoms with E-state index in [1.807, 2.05) is 0 Å². The van der Waals surface area contributed by atoms with Crippen molar-refractivity contribution in [2.75, 3.05) is 6.54 Å². The van der Waals surface area contributed by atoms with Crippen molar-refractivity contribution in [2.45, 2.75) is 31.7 Å². The number of aliphatic carboxylic acids is 1. The third-order valence-corrected chi connectivity index (χ3v) is 2.53. The lowest BCUT2D eigenvalue weighted by molar-refractivity contribution is -0.156. The summed E-state index contributed by atoms with van der Waals surface area (Å²) in [6.07, 6.45) is 2.98. The molecule has 1 N–H and O–H groups in total. The van der Waals surface area contributed by atoms with Gasteiger partial charge in [0, 0.05) is 6.54 Å². The van der Waals surface area contributed by atoms with E-state index in [0.717, 1.165) is 12.8 Å². The summed E-state index contributed by atoms with van der Waals surface area (Å²) in [5, 5.41) is 8.90. The lowest BCUT2D eigenvalue weighted by Gasteiger charge is -2.38. The van der Waals surface area contributed by atoms with Crippen molar-refractivity contribution in [1.29, 1.82) is 0 Å². The number of hydrogen-bond donors (Lipinski definition) is 1. The average Bonchev–Trinajstić information content (AvgIpc) is 2.05. The highest BCUT2D eigenvalue weighted by molar-refractivity contribution is 5.81. The molecule has 1 aliphatic heterocycles. The van der Waals surface area contributed by atoms with Crippen molar-refractivity contribution in [3.05, 3.63) is 0 Å². The van der Waals surface area contributed by atoms with Gasteiger partial charge in [0.2, 0.25) is 6.41 Å². The van der Waals surface area contributed by atoms with Crippen molar-refractivity contribution in [1.82, 2.24) is 4.90 Å². The van der Waals surface area contributed by atoms with Crippen LogP contribution in [0, 0.1) is 0 Å². The van der Waals surface area contributed by atoms with Gasteiger partial charge in [-0.15, -0.1) is 0 Å². The highest BCUT2D eigenvalue weighted by Gasteiger charge is 2.40. The number of carbonyl (C=O) groups excluding carboxylic acids is 1. The quantitative estimate of drug-likeness (QED) is 0.614. The number of likely N-dealkylation sites (tertiary alicyclic amines) is 1. The standard InChI is InChI=1S/C8H13NO3/c1-8(7(11)12)4-2-3-5-9(8)6-10/h6H,2-5H2,1H3,(H,11,12). The maximum absolute atomic E-state index is 10.8. The third kappa shape index (κ3) is 1.29. The second-order valence-electron chi connectivity index (χ2n) is 3.33. The van der Waals surface area contributed by atoms with E-state index < -0.39 is 11.5 Å². The van der Waals surface area contributed by atoms with E-state index in [4.69, 9.17) is 5.11 Å². The Kier molecular flexibility index (Phi) is 2.35. The van der Waals surface area contributed by atoms with Crippen LogP contribution < -0.4 is 0 Å². The van der Waals surface area contributed by atoms with Crippen LogP contribution in [0.1, 0.15) is 26.2 Å². The van der Waals surface area contributed by atoms with Gasteiger partial charge in [-0.1, -0.05) is 0 Å². The van der Waals surface area contributed by atoms with Crippen LogP contribution >= 0.6 is 0 Å². The first kappa shape index (κ1) is 9.03. The smallest absolute Gasteiger partial charge is 0.329 e. The van der Waals surface area contributed by atoms with E-state index in [1.165, 1.54) is 4.90 Å². The summed E-state index contributed by atoms with van der Waals surface area (Å²) in [5.74, 6) is -0.908. The first-order valence-electron chi connectivity index (χ1n) is 4.07. The third-order valence-electron chi connectivity index (χ3n) is 2.53. The average molecular weight is 171 g/mol. The molecule has 1 unspecified atom stereocenters. The number of nitrogens with zero attached hydrogens (tertiary/aromatic N) is 1. The molecule has 0 radical (unpaired) electrons. The van der Waals surface area contributed by atoms with Gasteiger partial charge < -0.3 is 10.0 Å².